The Bertz CT molecular complexity index is 1550. The van der Waals surface area contributed by atoms with Gasteiger partial charge in [0.25, 0.3) is 0 Å². The third-order valence-electron chi connectivity index (χ3n) is 7.57. The first kappa shape index (κ1) is 34.7. The highest BCUT2D eigenvalue weighted by molar-refractivity contribution is 7.51. The van der Waals surface area contributed by atoms with Crippen LogP contribution in [0.2, 0.25) is 0 Å². The van der Waals surface area contributed by atoms with Crippen molar-refractivity contribution in [2.24, 2.45) is 0 Å². The highest BCUT2D eigenvalue weighted by atomic mass is 31.2. The van der Waals surface area contributed by atoms with Gasteiger partial charge in [0.05, 0.1) is 39.9 Å². The van der Waals surface area contributed by atoms with Crippen LogP contribution >= 0.6 is 7.75 Å². The zero-order valence-electron chi connectivity index (χ0n) is 27.4. The molecule has 4 rings (SSSR count). The number of nitrogens with zero attached hydrogens (tertiary/aromatic N) is 2. The second-order valence-electron chi connectivity index (χ2n) is 11.3. The van der Waals surface area contributed by atoms with Crippen LogP contribution in [-0.4, -0.2) is 37.6 Å². The topological polar surface area (TPSA) is 90.2 Å². The van der Waals surface area contributed by atoms with Crippen LogP contribution in [0.25, 0.3) is 0 Å². The summed E-state index contributed by atoms with van der Waals surface area (Å²) in [5.41, 5.74) is 2.54. The van der Waals surface area contributed by atoms with Crippen LogP contribution in [0.4, 0.5) is 0 Å². The Morgan fingerprint density at radius 3 is 1.63 bits per heavy atom. The zero-order chi connectivity index (χ0) is 33.2. The number of benzene rings is 4. The average molecular weight is 643 g/mol. The van der Waals surface area contributed by atoms with E-state index in [4.69, 9.17) is 28.5 Å². The Balaban J connectivity index is 1.70. The molecule has 0 heterocycles. The van der Waals surface area contributed by atoms with Gasteiger partial charge >= 0.3 is 7.75 Å². The van der Waals surface area contributed by atoms with Gasteiger partial charge in [-0.15, -0.1) is 0 Å². The zero-order valence-corrected chi connectivity index (χ0v) is 28.3. The molecule has 0 saturated carbocycles. The molecule has 1 unspecified atom stereocenters. The lowest BCUT2D eigenvalue weighted by Crippen LogP contribution is -2.36. The summed E-state index contributed by atoms with van der Waals surface area (Å²) in [6.07, 6.45) is 0.120. The molecule has 1 atom stereocenters. The predicted octanol–water partition coefficient (Wildman–Crippen LogP) is 8.75. The highest BCUT2D eigenvalue weighted by Crippen LogP contribution is 2.55. The van der Waals surface area contributed by atoms with Crippen LogP contribution < -0.4 is 14.2 Å². The van der Waals surface area contributed by atoms with Crippen molar-refractivity contribution < 1.29 is 27.8 Å². The van der Waals surface area contributed by atoms with Gasteiger partial charge in [-0.3, -0.25) is 9.05 Å². The molecule has 0 fully saturated rings. The summed E-state index contributed by atoms with van der Waals surface area (Å²) < 4.78 is 45.4. The quantitative estimate of drug-likeness (QED) is 0.0681. The molecule has 0 aromatic heterocycles. The van der Waals surface area contributed by atoms with E-state index in [1.165, 1.54) is 0 Å². The summed E-state index contributed by atoms with van der Waals surface area (Å²) in [4.78, 5) is 0. The van der Waals surface area contributed by atoms with E-state index in [-0.39, 0.29) is 31.7 Å². The van der Waals surface area contributed by atoms with Crippen molar-refractivity contribution in [2.45, 2.75) is 58.4 Å². The Hall–Kier alpha value is -4.12. The molecule has 4 aromatic rings. The first-order valence-electron chi connectivity index (χ1n) is 15.3. The van der Waals surface area contributed by atoms with E-state index in [1.54, 1.807) is 18.9 Å². The van der Waals surface area contributed by atoms with Crippen molar-refractivity contribution in [3.05, 3.63) is 125 Å². The van der Waals surface area contributed by atoms with Gasteiger partial charge in [-0.1, -0.05) is 66.7 Å². The molecule has 0 aliphatic rings. The van der Waals surface area contributed by atoms with Gasteiger partial charge in [0, 0.05) is 28.8 Å². The monoisotopic (exact) mass is 642 g/mol. The Kier molecular flexibility index (Phi) is 12.0. The minimum Gasteiger partial charge on any atom is -0.497 e. The van der Waals surface area contributed by atoms with E-state index in [9.17, 15) is 4.57 Å². The molecule has 46 heavy (non-hydrogen) atoms. The number of methoxy groups -OCH3 is 2. The number of nitriles is 1. The van der Waals surface area contributed by atoms with Gasteiger partial charge in [-0.2, -0.15) is 5.26 Å². The smallest absolute Gasteiger partial charge is 0.409 e. The van der Waals surface area contributed by atoms with Crippen molar-refractivity contribution in [1.29, 1.82) is 5.26 Å². The normalized spacial score (nSPS) is 13.0. The first-order valence-corrected chi connectivity index (χ1v) is 16.8. The van der Waals surface area contributed by atoms with Gasteiger partial charge in [0.1, 0.15) is 17.2 Å². The molecular formula is C37H43N2O6P. The fourth-order valence-corrected chi connectivity index (χ4v) is 7.63. The number of rotatable bonds is 16. The van der Waals surface area contributed by atoms with E-state index in [0.29, 0.717) is 5.75 Å². The fraction of sp³-hybridized carbons (Fsp3) is 0.324. The van der Waals surface area contributed by atoms with Gasteiger partial charge in [-0.25, -0.2) is 9.24 Å². The molecule has 9 heteroatoms. The third kappa shape index (κ3) is 7.99. The van der Waals surface area contributed by atoms with Crippen molar-refractivity contribution in [3.63, 3.8) is 0 Å². The maximum Gasteiger partial charge on any atom is 0.409 e. The summed E-state index contributed by atoms with van der Waals surface area (Å²) >= 11 is 0. The Morgan fingerprint density at radius 1 is 0.696 bits per heavy atom. The number of hydrogen-bond acceptors (Lipinski definition) is 7. The van der Waals surface area contributed by atoms with E-state index in [1.807, 2.05) is 125 Å². The highest BCUT2D eigenvalue weighted by Gasteiger charge is 2.40. The van der Waals surface area contributed by atoms with Crippen molar-refractivity contribution in [3.8, 4) is 23.3 Å². The number of ether oxygens (including phenoxy) is 3. The SMILES string of the molecule is COc1ccc(C(Oc2ccc(COP(=O)(OCCC#N)N(C(C)C)C(C)C)cc2)(c2ccccc2)c2ccc(OC)cc2)cc1. The van der Waals surface area contributed by atoms with Gasteiger partial charge in [0.15, 0.2) is 5.60 Å². The van der Waals surface area contributed by atoms with Gasteiger partial charge in [-0.05, 0) is 69.7 Å². The van der Waals surface area contributed by atoms with Gasteiger partial charge in [0.2, 0.25) is 0 Å². The van der Waals surface area contributed by atoms with E-state index >= 15 is 0 Å². The summed E-state index contributed by atoms with van der Waals surface area (Å²) in [5, 5.41) is 9.00. The van der Waals surface area contributed by atoms with E-state index in [0.717, 1.165) is 33.8 Å². The lowest BCUT2D eigenvalue weighted by Gasteiger charge is -2.36. The standard InChI is InChI=1S/C37H43N2O6P/c1-28(2)39(29(3)4)46(40,43-26-10-25-38)44-27-30-13-19-36(20-14-30)45-37(31-11-8-7-9-12-31,32-15-21-34(41-5)22-16-32)33-17-23-35(42-6)24-18-33/h7-9,11-24,28-29H,10,26-27H2,1-6H3. The van der Waals surface area contributed by atoms with Crippen LogP contribution in [0.15, 0.2) is 103 Å². The van der Waals surface area contributed by atoms with Crippen molar-refractivity contribution >= 4 is 7.75 Å². The molecule has 8 nitrogen and oxygen atoms in total. The minimum absolute atomic E-state index is 0.0226. The van der Waals surface area contributed by atoms with Crippen molar-refractivity contribution in [2.75, 3.05) is 20.8 Å². The first-order chi connectivity index (χ1) is 22.2. The van der Waals surface area contributed by atoms with Crippen molar-refractivity contribution in [1.82, 2.24) is 4.67 Å². The van der Waals surface area contributed by atoms with Crippen LogP contribution in [-0.2, 0) is 25.8 Å². The largest absolute Gasteiger partial charge is 0.497 e. The maximum absolute atomic E-state index is 14.0. The van der Waals surface area contributed by atoms with Crippen LogP contribution in [0, 0.1) is 11.3 Å². The second-order valence-corrected chi connectivity index (χ2v) is 13.2. The molecular weight excluding hydrogens is 599 g/mol. The molecule has 4 aromatic carbocycles. The Labute approximate surface area is 273 Å². The van der Waals surface area contributed by atoms with Crippen LogP contribution in [0.1, 0.15) is 56.4 Å². The molecule has 0 saturated heterocycles. The molecule has 0 aliphatic carbocycles. The molecule has 242 valence electrons. The predicted molar refractivity (Wildman–Crippen MR) is 180 cm³/mol. The minimum atomic E-state index is -3.69. The van der Waals surface area contributed by atoms with E-state index in [2.05, 4.69) is 12.1 Å². The molecule has 0 N–H and O–H groups in total. The molecule has 0 aliphatic heterocycles. The van der Waals surface area contributed by atoms with E-state index < -0.39 is 13.3 Å². The molecule has 0 amide bonds. The average Bonchev–Trinajstić information content (AvgIpc) is 3.07. The molecule has 0 spiro atoms. The summed E-state index contributed by atoms with van der Waals surface area (Å²) in [6.45, 7) is 7.86. The summed E-state index contributed by atoms with van der Waals surface area (Å²) in [5.74, 6) is 2.11. The fourth-order valence-electron chi connectivity index (χ4n) is 5.53. The lowest BCUT2D eigenvalue weighted by atomic mass is 9.80. The molecule has 0 bridgehead atoms. The lowest BCUT2D eigenvalue weighted by molar-refractivity contribution is 0.127. The van der Waals surface area contributed by atoms with Crippen LogP contribution in [0.3, 0.4) is 0 Å². The van der Waals surface area contributed by atoms with Crippen LogP contribution in [0.5, 0.6) is 17.2 Å². The number of hydrogen-bond donors (Lipinski definition) is 0. The summed E-state index contributed by atoms with van der Waals surface area (Å²) in [7, 11) is -0.398. The summed E-state index contributed by atoms with van der Waals surface area (Å²) in [6, 6.07) is 35.2. The second kappa shape index (κ2) is 15.9. The maximum atomic E-state index is 14.0. The Morgan fingerprint density at radius 2 is 1.17 bits per heavy atom. The third-order valence-corrected chi connectivity index (χ3v) is 10.0. The van der Waals surface area contributed by atoms with Gasteiger partial charge < -0.3 is 14.2 Å². The molecule has 0 radical (unpaired) electrons.